The molecule has 3 heterocycles. The van der Waals surface area contributed by atoms with Crippen LogP contribution in [0, 0.1) is 17.8 Å². The summed E-state index contributed by atoms with van der Waals surface area (Å²) in [6.07, 6.45) is 4.47. The van der Waals surface area contributed by atoms with E-state index in [2.05, 4.69) is 51.2 Å². The normalized spacial score (nSPS) is 31.3. The molecule has 5 atom stereocenters. The van der Waals surface area contributed by atoms with Gasteiger partial charge in [0.05, 0.1) is 18.0 Å². The van der Waals surface area contributed by atoms with Crippen LogP contribution in [-0.2, 0) is 11.2 Å². The largest absolute Gasteiger partial charge is 0.382 e. The first-order valence-corrected chi connectivity index (χ1v) is 10.6. The van der Waals surface area contributed by atoms with Gasteiger partial charge in [-0.2, -0.15) is 5.10 Å². The van der Waals surface area contributed by atoms with E-state index in [4.69, 9.17) is 5.73 Å². The second-order valence-electron chi connectivity index (χ2n) is 9.25. The number of carbonyl (C=O) groups is 1. The zero-order valence-corrected chi connectivity index (χ0v) is 16.0. The van der Waals surface area contributed by atoms with Crippen LogP contribution in [0.5, 0.6) is 0 Å². The summed E-state index contributed by atoms with van der Waals surface area (Å²) in [6.45, 7) is 0. The van der Waals surface area contributed by atoms with E-state index in [0.717, 1.165) is 28.4 Å². The Hall–Kier alpha value is -3.02. The van der Waals surface area contributed by atoms with E-state index < -0.39 is 0 Å². The number of H-pyrrole nitrogens is 1. The van der Waals surface area contributed by atoms with E-state index in [-0.39, 0.29) is 11.9 Å². The average Bonchev–Trinajstić information content (AvgIpc) is 3.50. The summed E-state index contributed by atoms with van der Waals surface area (Å²) in [7, 11) is 0. The van der Waals surface area contributed by atoms with E-state index in [9.17, 15) is 4.79 Å². The van der Waals surface area contributed by atoms with Crippen LogP contribution in [0.15, 0.2) is 30.3 Å². The number of hydrogen-bond acceptors (Lipinski definition) is 4. The van der Waals surface area contributed by atoms with Gasteiger partial charge >= 0.3 is 0 Å². The molecule has 3 aromatic rings. The number of nitrogen functional groups attached to an aromatic ring is 1. The van der Waals surface area contributed by atoms with E-state index in [1.165, 1.54) is 41.6 Å². The number of nitrogens with one attached hydrogen (secondary N) is 3. The predicted octanol–water partition coefficient (Wildman–Crippen LogP) is 3.94. The van der Waals surface area contributed by atoms with Gasteiger partial charge in [-0.3, -0.25) is 9.89 Å². The number of rotatable bonds is 1. The van der Waals surface area contributed by atoms with Crippen LogP contribution in [-0.4, -0.2) is 16.1 Å². The zero-order valence-electron chi connectivity index (χ0n) is 16.0. The number of nitrogens with two attached hydrogens (primary N) is 1. The minimum Gasteiger partial charge on any atom is -0.382 e. The van der Waals surface area contributed by atoms with Gasteiger partial charge in [-0.15, -0.1) is 0 Å². The lowest BCUT2D eigenvalue weighted by Crippen LogP contribution is -2.36. The molecule has 146 valence electrons. The van der Waals surface area contributed by atoms with Crippen LogP contribution in [0.3, 0.4) is 0 Å². The molecule has 0 spiro atoms. The molecule has 2 fully saturated rings. The highest BCUT2D eigenvalue weighted by molar-refractivity contribution is 6.00. The van der Waals surface area contributed by atoms with Gasteiger partial charge in [-0.05, 0) is 83.9 Å². The standard InChI is InChI=1S/C23H23N5O/c24-23-14-8-12(3-4-16(14)27-28-23)22-20-11-2-1-10(7-11)19(20)21-13-9-18(29)25-15(13)5-6-17(21)26-22/h3-6,8,10-11,19-20,22,26H,1-2,7,9H2,(H,25,29)(H3,24,27,28)/t10-,11+,19+,20-,22+/m0/s1. The van der Waals surface area contributed by atoms with Gasteiger partial charge in [0, 0.05) is 16.8 Å². The van der Waals surface area contributed by atoms with Crippen LogP contribution in [0.4, 0.5) is 17.2 Å². The summed E-state index contributed by atoms with van der Waals surface area (Å²) >= 11 is 0. The first kappa shape index (κ1) is 15.9. The van der Waals surface area contributed by atoms with E-state index in [0.29, 0.717) is 24.1 Å². The molecule has 2 aliphatic heterocycles. The van der Waals surface area contributed by atoms with Crippen molar-refractivity contribution >= 4 is 34.0 Å². The Morgan fingerprint density at radius 2 is 1.93 bits per heavy atom. The molecule has 2 aliphatic carbocycles. The summed E-state index contributed by atoms with van der Waals surface area (Å²) in [4.78, 5) is 12.1. The van der Waals surface area contributed by atoms with Crippen molar-refractivity contribution in [2.45, 2.75) is 37.6 Å². The number of aromatic nitrogens is 2. The van der Waals surface area contributed by atoms with Crippen LogP contribution in [0.2, 0.25) is 0 Å². The monoisotopic (exact) mass is 385 g/mol. The number of amides is 1. The SMILES string of the molecule is Nc1n[nH]c2ccc([C@H]3Nc4ccc5c(c4[C@@H]4[C@H]6CC[C@H](C6)[C@@H]43)CC(=O)N5)cc12. The summed E-state index contributed by atoms with van der Waals surface area (Å²) in [6, 6.07) is 11.0. The average molecular weight is 385 g/mol. The molecule has 4 aliphatic rings. The molecule has 0 radical (unpaired) electrons. The summed E-state index contributed by atoms with van der Waals surface area (Å²) in [5, 5.41) is 15.1. The lowest BCUT2D eigenvalue weighted by molar-refractivity contribution is -0.115. The van der Waals surface area contributed by atoms with Crippen molar-refractivity contribution in [2.24, 2.45) is 17.8 Å². The molecule has 6 heteroatoms. The molecule has 1 amide bonds. The maximum atomic E-state index is 12.1. The molecule has 0 unspecified atom stereocenters. The highest BCUT2D eigenvalue weighted by Gasteiger charge is 2.54. The predicted molar refractivity (Wildman–Crippen MR) is 113 cm³/mol. The van der Waals surface area contributed by atoms with Crippen molar-refractivity contribution in [2.75, 3.05) is 16.4 Å². The summed E-state index contributed by atoms with van der Waals surface area (Å²) < 4.78 is 0. The number of benzene rings is 2. The maximum Gasteiger partial charge on any atom is 0.228 e. The topological polar surface area (TPSA) is 95.8 Å². The van der Waals surface area contributed by atoms with Crippen molar-refractivity contribution in [3.8, 4) is 0 Å². The molecule has 1 aromatic heterocycles. The van der Waals surface area contributed by atoms with Crippen LogP contribution >= 0.6 is 0 Å². The van der Waals surface area contributed by atoms with Crippen molar-refractivity contribution in [3.63, 3.8) is 0 Å². The van der Waals surface area contributed by atoms with Crippen LogP contribution < -0.4 is 16.4 Å². The summed E-state index contributed by atoms with van der Waals surface area (Å²) in [5.74, 6) is 3.26. The molecule has 2 aromatic carbocycles. The minimum atomic E-state index is 0.121. The lowest BCUT2D eigenvalue weighted by atomic mass is 9.67. The first-order chi connectivity index (χ1) is 14.2. The van der Waals surface area contributed by atoms with Gasteiger partial charge in [-0.25, -0.2) is 0 Å². The maximum absolute atomic E-state index is 12.1. The Morgan fingerprint density at radius 1 is 1.07 bits per heavy atom. The summed E-state index contributed by atoms with van der Waals surface area (Å²) in [5.41, 5.74) is 13.2. The molecular formula is C23H23N5O. The molecule has 7 rings (SSSR count). The van der Waals surface area contributed by atoms with Gasteiger partial charge in [0.2, 0.25) is 5.91 Å². The smallest absolute Gasteiger partial charge is 0.228 e. The van der Waals surface area contributed by atoms with E-state index >= 15 is 0 Å². The molecule has 6 nitrogen and oxygen atoms in total. The van der Waals surface area contributed by atoms with Crippen molar-refractivity contribution in [3.05, 3.63) is 47.0 Å². The molecule has 0 saturated heterocycles. The third-order valence-electron chi connectivity index (χ3n) is 7.95. The van der Waals surface area contributed by atoms with Gasteiger partial charge in [0.15, 0.2) is 5.82 Å². The van der Waals surface area contributed by atoms with Crippen molar-refractivity contribution in [1.82, 2.24) is 10.2 Å². The van der Waals surface area contributed by atoms with E-state index in [1.54, 1.807) is 0 Å². The molecule has 2 bridgehead atoms. The van der Waals surface area contributed by atoms with Gasteiger partial charge in [0.25, 0.3) is 0 Å². The number of anilines is 3. The fraction of sp³-hybridized carbons (Fsp3) is 0.391. The van der Waals surface area contributed by atoms with Gasteiger partial charge in [0.1, 0.15) is 0 Å². The highest BCUT2D eigenvalue weighted by atomic mass is 16.1. The third-order valence-corrected chi connectivity index (χ3v) is 7.95. The Morgan fingerprint density at radius 3 is 2.86 bits per heavy atom. The fourth-order valence-corrected chi connectivity index (χ4v) is 6.89. The highest BCUT2D eigenvalue weighted by Crippen LogP contribution is 2.64. The number of fused-ring (bicyclic) bond motifs is 10. The molecule has 5 N–H and O–H groups in total. The number of hydrogen-bond donors (Lipinski definition) is 4. The zero-order chi connectivity index (χ0) is 19.3. The fourth-order valence-electron chi connectivity index (χ4n) is 6.89. The molecule has 29 heavy (non-hydrogen) atoms. The second kappa shape index (κ2) is 5.32. The lowest BCUT2D eigenvalue weighted by Gasteiger charge is -2.44. The van der Waals surface area contributed by atoms with Gasteiger partial charge < -0.3 is 16.4 Å². The van der Waals surface area contributed by atoms with E-state index in [1.807, 2.05) is 0 Å². The molecular weight excluding hydrogens is 362 g/mol. The van der Waals surface area contributed by atoms with Gasteiger partial charge in [-0.1, -0.05) is 6.07 Å². The Bertz CT molecular complexity index is 1200. The minimum absolute atomic E-state index is 0.121. The Balaban J connectivity index is 1.41. The number of nitrogens with zero attached hydrogens (tertiary/aromatic N) is 1. The third kappa shape index (κ3) is 2.01. The number of carbonyl (C=O) groups excluding carboxylic acids is 1. The second-order valence-corrected chi connectivity index (χ2v) is 9.25. The van der Waals surface area contributed by atoms with Crippen LogP contribution in [0.1, 0.15) is 47.9 Å². The Labute approximate surface area is 168 Å². The quantitative estimate of drug-likeness (QED) is 0.510. The van der Waals surface area contributed by atoms with Crippen LogP contribution in [0.25, 0.3) is 10.9 Å². The van der Waals surface area contributed by atoms with Crippen molar-refractivity contribution < 1.29 is 4.79 Å². The number of aromatic amines is 1. The first-order valence-electron chi connectivity index (χ1n) is 10.6. The Kier molecular flexibility index (Phi) is 2.91. The van der Waals surface area contributed by atoms with Crippen molar-refractivity contribution in [1.29, 1.82) is 0 Å². The molecule has 2 saturated carbocycles.